The molecule has 0 radical (unpaired) electrons. The van der Waals surface area contributed by atoms with Crippen LogP contribution >= 0.6 is 0 Å². The van der Waals surface area contributed by atoms with Gasteiger partial charge in [0.25, 0.3) is 5.91 Å². The lowest BCUT2D eigenvalue weighted by Gasteiger charge is -2.25. The van der Waals surface area contributed by atoms with Gasteiger partial charge in [0.05, 0.1) is 15.9 Å². The summed E-state index contributed by atoms with van der Waals surface area (Å²) in [7, 11) is -3.69. The largest absolute Gasteiger partial charge is 0.307 e. The van der Waals surface area contributed by atoms with Crippen molar-refractivity contribution in [3.63, 3.8) is 0 Å². The van der Waals surface area contributed by atoms with Gasteiger partial charge in [-0.25, -0.2) is 18.1 Å². The fourth-order valence-electron chi connectivity index (χ4n) is 4.20. The number of imidazole rings is 1. The van der Waals surface area contributed by atoms with Crippen molar-refractivity contribution in [3.8, 4) is 0 Å². The van der Waals surface area contributed by atoms with Crippen molar-refractivity contribution < 1.29 is 13.2 Å². The van der Waals surface area contributed by atoms with E-state index in [1.807, 2.05) is 24.3 Å². The van der Waals surface area contributed by atoms with Gasteiger partial charge in [0.1, 0.15) is 0 Å². The SMILES string of the molecule is CC(C)NS(=O)(=O)c1cccc(C(=O)Nc2nc3ccccc3n2C2CCCCC2)c1. The molecule has 4 rings (SSSR count). The van der Waals surface area contributed by atoms with Crippen LogP contribution in [0.15, 0.2) is 53.4 Å². The molecule has 2 aromatic carbocycles. The molecule has 31 heavy (non-hydrogen) atoms. The van der Waals surface area contributed by atoms with Gasteiger partial charge in [-0.3, -0.25) is 10.1 Å². The minimum absolute atomic E-state index is 0.0645. The summed E-state index contributed by atoms with van der Waals surface area (Å²) in [6, 6.07) is 14.0. The van der Waals surface area contributed by atoms with Crippen LogP contribution in [0.5, 0.6) is 0 Å². The van der Waals surface area contributed by atoms with Gasteiger partial charge >= 0.3 is 0 Å². The summed E-state index contributed by atoms with van der Waals surface area (Å²) in [6.45, 7) is 3.51. The number of anilines is 1. The zero-order valence-corrected chi connectivity index (χ0v) is 18.7. The van der Waals surface area contributed by atoms with Crippen LogP contribution in [0.1, 0.15) is 62.4 Å². The summed E-state index contributed by atoms with van der Waals surface area (Å²) >= 11 is 0. The first-order valence-electron chi connectivity index (χ1n) is 10.8. The molecule has 0 aliphatic heterocycles. The average Bonchev–Trinajstić information content (AvgIpc) is 3.11. The Hall–Kier alpha value is -2.71. The van der Waals surface area contributed by atoms with E-state index in [1.165, 1.54) is 18.6 Å². The lowest BCUT2D eigenvalue weighted by molar-refractivity contribution is 0.102. The Morgan fingerprint density at radius 3 is 2.55 bits per heavy atom. The number of carbonyl (C=O) groups is 1. The summed E-state index contributed by atoms with van der Waals surface area (Å²) in [5.41, 5.74) is 2.11. The fraction of sp³-hybridized carbons (Fsp3) is 0.391. The van der Waals surface area contributed by atoms with E-state index < -0.39 is 10.0 Å². The lowest BCUT2D eigenvalue weighted by atomic mass is 9.95. The Morgan fingerprint density at radius 1 is 1.06 bits per heavy atom. The normalized spacial score (nSPS) is 15.5. The van der Waals surface area contributed by atoms with E-state index in [1.54, 1.807) is 26.0 Å². The Bertz CT molecular complexity index is 1190. The summed E-state index contributed by atoms with van der Waals surface area (Å²) in [4.78, 5) is 17.8. The average molecular weight is 441 g/mol. The fourth-order valence-corrected chi connectivity index (χ4v) is 5.49. The third-order valence-electron chi connectivity index (χ3n) is 5.56. The van der Waals surface area contributed by atoms with Crippen LogP contribution in [0.4, 0.5) is 5.95 Å². The number of para-hydroxylation sites is 2. The molecule has 2 N–H and O–H groups in total. The Labute approximate surface area is 182 Å². The number of rotatable bonds is 6. The highest BCUT2D eigenvalue weighted by molar-refractivity contribution is 7.89. The van der Waals surface area contributed by atoms with E-state index in [2.05, 4.69) is 19.6 Å². The van der Waals surface area contributed by atoms with Crippen LogP contribution in [0.2, 0.25) is 0 Å². The van der Waals surface area contributed by atoms with Crippen LogP contribution < -0.4 is 10.0 Å². The molecule has 1 heterocycles. The third-order valence-corrected chi connectivity index (χ3v) is 7.21. The molecule has 1 amide bonds. The molecule has 1 aromatic heterocycles. The highest BCUT2D eigenvalue weighted by atomic mass is 32.2. The first-order chi connectivity index (χ1) is 14.8. The van der Waals surface area contributed by atoms with Crippen LogP contribution in [0.25, 0.3) is 11.0 Å². The van der Waals surface area contributed by atoms with Crippen molar-refractivity contribution >= 4 is 32.9 Å². The number of sulfonamides is 1. The number of hydrogen-bond donors (Lipinski definition) is 2. The second-order valence-electron chi connectivity index (χ2n) is 8.34. The number of nitrogens with zero attached hydrogens (tertiary/aromatic N) is 2. The predicted molar refractivity (Wildman–Crippen MR) is 122 cm³/mol. The van der Waals surface area contributed by atoms with E-state index in [-0.39, 0.29) is 22.4 Å². The highest BCUT2D eigenvalue weighted by Crippen LogP contribution is 2.34. The standard InChI is InChI=1S/C23H28N4O3S/c1-16(2)26-31(29,30)19-12-8-9-17(15-19)22(28)25-23-24-20-13-6-7-14-21(20)27(23)18-10-4-3-5-11-18/h6-9,12-16,18,26H,3-5,10-11H2,1-2H3,(H,24,25,28). The summed E-state index contributed by atoms with van der Waals surface area (Å²) in [6.07, 6.45) is 5.66. The molecule has 0 bridgehead atoms. The van der Waals surface area contributed by atoms with E-state index in [9.17, 15) is 13.2 Å². The van der Waals surface area contributed by atoms with Crippen LogP contribution in [0.3, 0.4) is 0 Å². The minimum Gasteiger partial charge on any atom is -0.307 e. The molecular formula is C23H28N4O3S. The molecule has 164 valence electrons. The van der Waals surface area contributed by atoms with Crippen molar-refractivity contribution in [3.05, 3.63) is 54.1 Å². The van der Waals surface area contributed by atoms with Crippen molar-refractivity contribution in [1.82, 2.24) is 14.3 Å². The molecule has 8 heteroatoms. The van der Waals surface area contributed by atoms with Crippen LogP contribution in [0, 0.1) is 0 Å². The molecule has 7 nitrogen and oxygen atoms in total. The number of aromatic nitrogens is 2. The summed E-state index contributed by atoms with van der Waals surface area (Å²) < 4.78 is 29.7. The predicted octanol–water partition coefficient (Wildman–Crippen LogP) is 4.48. The van der Waals surface area contributed by atoms with Gasteiger partial charge in [0, 0.05) is 17.6 Å². The van der Waals surface area contributed by atoms with Crippen molar-refractivity contribution in [2.45, 2.75) is 62.9 Å². The second kappa shape index (κ2) is 8.80. The van der Waals surface area contributed by atoms with Gasteiger partial charge in [0.2, 0.25) is 16.0 Å². The molecule has 1 saturated carbocycles. The van der Waals surface area contributed by atoms with Crippen LogP contribution in [-0.2, 0) is 10.0 Å². The van der Waals surface area contributed by atoms with Crippen molar-refractivity contribution in [2.24, 2.45) is 0 Å². The quantitative estimate of drug-likeness (QED) is 0.591. The number of carbonyl (C=O) groups excluding carboxylic acids is 1. The molecular weight excluding hydrogens is 412 g/mol. The molecule has 1 fully saturated rings. The Morgan fingerprint density at radius 2 is 1.81 bits per heavy atom. The van der Waals surface area contributed by atoms with E-state index in [4.69, 9.17) is 0 Å². The molecule has 0 saturated heterocycles. The molecule has 0 unspecified atom stereocenters. The van der Waals surface area contributed by atoms with Gasteiger partial charge in [0.15, 0.2) is 0 Å². The monoisotopic (exact) mass is 440 g/mol. The smallest absolute Gasteiger partial charge is 0.258 e. The molecule has 0 spiro atoms. The number of fused-ring (bicyclic) bond motifs is 1. The number of benzene rings is 2. The van der Waals surface area contributed by atoms with Crippen molar-refractivity contribution in [1.29, 1.82) is 0 Å². The summed E-state index contributed by atoms with van der Waals surface area (Å²) in [5.74, 6) is 0.126. The first kappa shape index (κ1) is 21.5. The maximum absolute atomic E-state index is 13.0. The second-order valence-corrected chi connectivity index (χ2v) is 10.1. The van der Waals surface area contributed by atoms with Gasteiger partial charge in [-0.15, -0.1) is 0 Å². The van der Waals surface area contributed by atoms with Crippen LogP contribution in [-0.4, -0.2) is 29.9 Å². The zero-order chi connectivity index (χ0) is 22.0. The molecule has 1 aliphatic carbocycles. The topological polar surface area (TPSA) is 93.1 Å². The number of nitrogens with one attached hydrogen (secondary N) is 2. The summed E-state index contributed by atoms with van der Waals surface area (Å²) in [5, 5.41) is 2.93. The van der Waals surface area contributed by atoms with Gasteiger partial charge in [-0.2, -0.15) is 0 Å². The van der Waals surface area contributed by atoms with E-state index in [0.29, 0.717) is 12.0 Å². The molecule has 3 aromatic rings. The van der Waals surface area contributed by atoms with Gasteiger partial charge < -0.3 is 4.57 Å². The third kappa shape index (κ3) is 4.65. The molecule has 1 aliphatic rings. The van der Waals surface area contributed by atoms with Gasteiger partial charge in [-0.05, 0) is 57.0 Å². The minimum atomic E-state index is -3.69. The zero-order valence-electron chi connectivity index (χ0n) is 17.8. The van der Waals surface area contributed by atoms with E-state index >= 15 is 0 Å². The highest BCUT2D eigenvalue weighted by Gasteiger charge is 2.23. The maximum Gasteiger partial charge on any atom is 0.258 e. The van der Waals surface area contributed by atoms with Crippen molar-refractivity contribution in [2.75, 3.05) is 5.32 Å². The van der Waals surface area contributed by atoms with Gasteiger partial charge in [-0.1, -0.05) is 37.5 Å². The van der Waals surface area contributed by atoms with E-state index in [0.717, 1.165) is 36.7 Å². The molecule has 0 atom stereocenters. The Balaban J connectivity index is 1.66. The maximum atomic E-state index is 13.0. The Kier molecular flexibility index (Phi) is 6.11. The lowest BCUT2D eigenvalue weighted by Crippen LogP contribution is -2.30. The number of amides is 1. The number of hydrogen-bond acceptors (Lipinski definition) is 4. The first-order valence-corrected chi connectivity index (χ1v) is 12.2.